The standard InChI is InChI=1S/C25H19N3O2/c1-29-20-7-4-6-18(13-20)25-22-12-11-21(14-24(22)26-16-27-25)30-15-19-10-9-17-5-2-3-8-23(17)28-19/h2-14,16H,15H2,1H3. The number of fused-ring (bicyclic) bond motifs is 2. The van der Waals surface area contributed by atoms with E-state index >= 15 is 0 Å². The first-order valence-corrected chi connectivity index (χ1v) is 9.67. The number of hydrogen-bond acceptors (Lipinski definition) is 5. The molecule has 0 saturated heterocycles. The fourth-order valence-corrected chi connectivity index (χ4v) is 3.47. The van der Waals surface area contributed by atoms with Gasteiger partial charge < -0.3 is 9.47 Å². The summed E-state index contributed by atoms with van der Waals surface area (Å²) in [4.78, 5) is 13.6. The van der Waals surface area contributed by atoms with Crippen LogP contribution < -0.4 is 9.47 Å². The Morgan fingerprint density at radius 1 is 0.767 bits per heavy atom. The van der Waals surface area contributed by atoms with E-state index in [1.807, 2.05) is 66.7 Å². The van der Waals surface area contributed by atoms with Gasteiger partial charge in [-0.1, -0.05) is 36.4 Å². The predicted molar refractivity (Wildman–Crippen MR) is 118 cm³/mol. The van der Waals surface area contributed by atoms with E-state index in [1.54, 1.807) is 13.4 Å². The van der Waals surface area contributed by atoms with Crippen molar-refractivity contribution in [2.24, 2.45) is 0 Å². The Kier molecular flexibility index (Phi) is 4.69. The number of nitrogens with zero attached hydrogens (tertiary/aromatic N) is 3. The van der Waals surface area contributed by atoms with E-state index in [-0.39, 0.29) is 0 Å². The number of ether oxygens (including phenoxy) is 2. The van der Waals surface area contributed by atoms with Crippen LogP contribution in [0.5, 0.6) is 11.5 Å². The van der Waals surface area contributed by atoms with Crippen LogP contribution >= 0.6 is 0 Å². The molecule has 0 unspecified atom stereocenters. The predicted octanol–water partition coefficient (Wildman–Crippen LogP) is 5.43. The maximum atomic E-state index is 5.99. The first-order chi connectivity index (χ1) is 14.8. The quantitative estimate of drug-likeness (QED) is 0.398. The maximum Gasteiger partial charge on any atom is 0.130 e. The molecule has 0 aliphatic heterocycles. The van der Waals surface area contributed by atoms with Crippen molar-refractivity contribution in [3.05, 3.63) is 90.9 Å². The summed E-state index contributed by atoms with van der Waals surface area (Å²) in [5.41, 5.74) is 4.52. The number of pyridine rings is 1. The third-order valence-corrected chi connectivity index (χ3v) is 4.99. The zero-order valence-corrected chi connectivity index (χ0v) is 16.4. The van der Waals surface area contributed by atoms with Crippen molar-refractivity contribution in [1.82, 2.24) is 15.0 Å². The van der Waals surface area contributed by atoms with Gasteiger partial charge in [0, 0.05) is 22.4 Å². The van der Waals surface area contributed by atoms with Crippen molar-refractivity contribution < 1.29 is 9.47 Å². The third-order valence-electron chi connectivity index (χ3n) is 4.99. The molecule has 0 aliphatic carbocycles. The highest BCUT2D eigenvalue weighted by molar-refractivity contribution is 5.93. The maximum absolute atomic E-state index is 5.99. The highest BCUT2D eigenvalue weighted by Crippen LogP contribution is 2.30. The second kappa shape index (κ2) is 7.79. The molecular weight excluding hydrogens is 374 g/mol. The van der Waals surface area contributed by atoms with Crippen molar-refractivity contribution in [2.45, 2.75) is 6.61 Å². The zero-order valence-electron chi connectivity index (χ0n) is 16.4. The third kappa shape index (κ3) is 3.53. The van der Waals surface area contributed by atoms with Crippen LogP contribution in [0.15, 0.2) is 85.2 Å². The van der Waals surface area contributed by atoms with Gasteiger partial charge in [-0.15, -0.1) is 0 Å². The summed E-state index contributed by atoms with van der Waals surface area (Å²) in [5, 5.41) is 2.08. The Hall–Kier alpha value is -3.99. The number of aromatic nitrogens is 3. The largest absolute Gasteiger partial charge is 0.497 e. The zero-order chi connectivity index (χ0) is 20.3. The van der Waals surface area contributed by atoms with Crippen molar-refractivity contribution in [3.8, 4) is 22.8 Å². The Balaban J connectivity index is 1.42. The second-order valence-electron chi connectivity index (χ2n) is 6.92. The van der Waals surface area contributed by atoms with Gasteiger partial charge in [-0.2, -0.15) is 0 Å². The number of hydrogen-bond donors (Lipinski definition) is 0. The first-order valence-electron chi connectivity index (χ1n) is 9.67. The van der Waals surface area contributed by atoms with Crippen LogP contribution in [0, 0.1) is 0 Å². The van der Waals surface area contributed by atoms with Crippen LogP contribution in [-0.2, 0) is 6.61 Å². The number of benzene rings is 3. The Labute approximate surface area is 174 Å². The number of para-hydroxylation sites is 1. The lowest BCUT2D eigenvalue weighted by Gasteiger charge is -2.10. The van der Waals surface area contributed by atoms with Crippen molar-refractivity contribution in [1.29, 1.82) is 0 Å². The lowest BCUT2D eigenvalue weighted by molar-refractivity contribution is 0.302. The Morgan fingerprint density at radius 2 is 1.70 bits per heavy atom. The van der Waals surface area contributed by atoms with Crippen LogP contribution in [0.4, 0.5) is 0 Å². The molecule has 5 aromatic rings. The molecular formula is C25H19N3O2. The van der Waals surface area contributed by atoms with Crippen molar-refractivity contribution in [2.75, 3.05) is 7.11 Å². The summed E-state index contributed by atoms with van der Waals surface area (Å²) >= 11 is 0. The summed E-state index contributed by atoms with van der Waals surface area (Å²) in [7, 11) is 1.66. The Morgan fingerprint density at radius 3 is 2.63 bits per heavy atom. The first kappa shape index (κ1) is 18.1. The number of rotatable bonds is 5. The molecule has 0 saturated carbocycles. The molecule has 30 heavy (non-hydrogen) atoms. The summed E-state index contributed by atoms with van der Waals surface area (Å²) in [5.74, 6) is 1.54. The lowest BCUT2D eigenvalue weighted by Crippen LogP contribution is -1.99. The molecule has 0 radical (unpaired) electrons. The van der Waals surface area contributed by atoms with Crippen molar-refractivity contribution in [3.63, 3.8) is 0 Å². The van der Waals surface area contributed by atoms with Crippen LogP contribution in [0.3, 0.4) is 0 Å². The number of methoxy groups -OCH3 is 1. The monoisotopic (exact) mass is 393 g/mol. The van der Waals surface area contributed by atoms with Crippen LogP contribution in [0.2, 0.25) is 0 Å². The van der Waals surface area contributed by atoms with Gasteiger partial charge >= 0.3 is 0 Å². The summed E-state index contributed by atoms with van der Waals surface area (Å²) in [6.07, 6.45) is 1.58. The van der Waals surface area contributed by atoms with Gasteiger partial charge in [-0.25, -0.2) is 15.0 Å². The average molecular weight is 393 g/mol. The van der Waals surface area contributed by atoms with Gasteiger partial charge in [0.1, 0.15) is 24.4 Å². The van der Waals surface area contributed by atoms with Gasteiger partial charge in [0.15, 0.2) is 0 Å². The lowest BCUT2D eigenvalue weighted by atomic mass is 10.1. The fraction of sp³-hybridized carbons (Fsp3) is 0.0800. The molecule has 5 heteroatoms. The molecule has 146 valence electrons. The van der Waals surface area contributed by atoms with E-state index in [2.05, 4.69) is 27.1 Å². The summed E-state index contributed by atoms with van der Waals surface area (Å²) < 4.78 is 11.3. The van der Waals surface area contributed by atoms with Gasteiger partial charge in [-0.3, -0.25) is 0 Å². The topological polar surface area (TPSA) is 57.1 Å². The fourth-order valence-electron chi connectivity index (χ4n) is 3.47. The average Bonchev–Trinajstić information content (AvgIpc) is 2.82. The molecule has 0 amide bonds. The van der Waals surface area contributed by atoms with Crippen LogP contribution in [0.1, 0.15) is 5.69 Å². The van der Waals surface area contributed by atoms with E-state index in [0.717, 1.165) is 50.3 Å². The molecule has 0 fully saturated rings. The van der Waals surface area contributed by atoms with Gasteiger partial charge in [0.05, 0.1) is 29.5 Å². The molecule has 0 spiro atoms. The van der Waals surface area contributed by atoms with Crippen molar-refractivity contribution >= 4 is 21.8 Å². The van der Waals surface area contributed by atoms with E-state index in [9.17, 15) is 0 Å². The Bertz CT molecular complexity index is 1350. The smallest absolute Gasteiger partial charge is 0.130 e. The SMILES string of the molecule is COc1cccc(-c2ncnc3cc(OCc4ccc5ccccc5n4)ccc23)c1. The molecule has 3 aromatic carbocycles. The minimum absolute atomic E-state index is 0.393. The molecule has 2 heterocycles. The molecule has 2 aromatic heterocycles. The van der Waals surface area contributed by atoms with E-state index in [0.29, 0.717) is 6.61 Å². The highest BCUT2D eigenvalue weighted by atomic mass is 16.5. The van der Waals surface area contributed by atoms with Gasteiger partial charge in [-0.05, 0) is 36.4 Å². The minimum Gasteiger partial charge on any atom is -0.497 e. The molecule has 0 atom stereocenters. The van der Waals surface area contributed by atoms with Gasteiger partial charge in [0.2, 0.25) is 0 Å². The molecule has 5 nitrogen and oxygen atoms in total. The van der Waals surface area contributed by atoms with E-state index < -0.39 is 0 Å². The van der Waals surface area contributed by atoms with E-state index in [4.69, 9.17) is 9.47 Å². The molecule has 5 rings (SSSR count). The summed E-state index contributed by atoms with van der Waals surface area (Å²) in [6.45, 7) is 0.393. The normalized spacial score (nSPS) is 11.0. The summed E-state index contributed by atoms with van der Waals surface area (Å²) in [6, 6.07) is 25.8. The minimum atomic E-state index is 0.393. The highest BCUT2D eigenvalue weighted by Gasteiger charge is 2.09. The van der Waals surface area contributed by atoms with E-state index in [1.165, 1.54) is 0 Å². The molecule has 0 N–H and O–H groups in total. The molecule has 0 aliphatic rings. The molecule has 0 bridgehead atoms. The van der Waals surface area contributed by atoms with Gasteiger partial charge in [0.25, 0.3) is 0 Å². The second-order valence-corrected chi connectivity index (χ2v) is 6.92. The van der Waals surface area contributed by atoms with Crippen LogP contribution in [0.25, 0.3) is 33.1 Å². The van der Waals surface area contributed by atoms with Crippen LogP contribution in [-0.4, -0.2) is 22.1 Å².